The van der Waals surface area contributed by atoms with Crippen LogP contribution < -0.4 is 10.6 Å². The second kappa shape index (κ2) is 6.84. The molecule has 0 unspecified atom stereocenters. The van der Waals surface area contributed by atoms with E-state index in [-0.39, 0.29) is 0 Å². The van der Waals surface area contributed by atoms with E-state index in [1.807, 2.05) is 30.3 Å². The maximum absolute atomic E-state index is 4.69. The van der Waals surface area contributed by atoms with Crippen LogP contribution in [0, 0.1) is 6.92 Å². The number of hydrogen-bond acceptors (Lipinski definition) is 4. The summed E-state index contributed by atoms with van der Waals surface area (Å²) in [6, 6.07) is 18.9. The van der Waals surface area contributed by atoms with Gasteiger partial charge in [0, 0.05) is 27.8 Å². The molecule has 0 atom stereocenters. The summed E-state index contributed by atoms with van der Waals surface area (Å²) in [6.45, 7) is 2.08. The molecule has 4 rings (SSSR count). The molecule has 0 radical (unpaired) electrons. The van der Waals surface area contributed by atoms with Crippen LogP contribution in [0.1, 0.15) is 18.4 Å². The maximum Gasteiger partial charge on any atom is 0.225 e. The van der Waals surface area contributed by atoms with Gasteiger partial charge < -0.3 is 10.6 Å². The fourth-order valence-electron chi connectivity index (χ4n) is 2.65. The average Bonchev–Trinajstić information content (AvgIpc) is 3.42. The summed E-state index contributed by atoms with van der Waals surface area (Å²) < 4.78 is 1.07. The zero-order valence-electron chi connectivity index (χ0n) is 14.0. The topological polar surface area (TPSA) is 49.8 Å². The molecule has 1 fully saturated rings. The minimum atomic E-state index is 0.508. The van der Waals surface area contributed by atoms with Gasteiger partial charge in [-0.05, 0) is 43.5 Å². The van der Waals surface area contributed by atoms with Crippen LogP contribution in [0.4, 0.5) is 17.5 Å². The van der Waals surface area contributed by atoms with Gasteiger partial charge in [0.25, 0.3) is 0 Å². The Hall–Kier alpha value is -2.40. The van der Waals surface area contributed by atoms with E-state index >= 15 is 0 Å². The zero-order valence-corrected chi connectivity index (χ0v) is 15.5. The summed E-state index contributed by atoms with van der Waals surface area (Å²) in [4.78, 5) is 9.35. The van der Waals surface area contributed by atoms with Crippen LogP contribution in [0.25, 0.3) is 11.3 Å². The average molecular weight is 395 g/mol. The van der Waals surface area contributed by atoms with E-state index in [0.717, 1.165) is 32.8 Å². The zero-order chi connectivity index (χ0) is 17.2. The lowest BCUT2D eigenvalue weighted by molar-refractivity contribution is 1.06. The second-order valence-corrected chi connectivity index (χ2v) is 7.25. The van der Waals surface area contributed by atoms with Crippen LogP contribution in [0.15, 0.2) is 59.1 Å². The molecule has 0 amide bonds. The van der Waals surface area contributed by atoms with Crippen molar-refractivity contribution in [1.82, 2.24) is 9.97 Å². The Morgan fingerprint density at radius 2 is 1.80 bits per heavy atom. The third-order valence-electron chi connectivity index (χ3n) is 4.16. The van der Waals surface area contributed by atoms with Crippen LogP contribution in [0.2, 0.25) is 0 Å². The van der Waals surface area contributed by atoms with E-state index in [1.165, 1.54) is 12.8 Å². The molecule has 1 aromatic heterocycles. The fraction of sp³-hybridized carbons (Fsp3) is 0.200. The van der Waals surface area contributed by atoms with E-state index in [9.17, 15) is 0 Å². The molecular formula is C20H19BrN4. The van der Waals surface area contributed by atoms with E-state index in [1.54, 1.807) is 0 Å². The molecule has 0 bridgehead atoms. The number of nitrogens with one attached hydrogen (secondary N) is 2. The van der Waals surface area contributed by atoms with E-state index in [2.05, 4.69) is 62.7 Å². The van der Waals surface area contributed by atoms with Crippen LogP contribution >= 0.6 is 15.9 Å². The first kappa shape index (κ1) is 16.1. The van der Waals surface area contributed by atoms with Gasteiger partial charge in [-0.2, -0.15) is 4.98 Å². The molecule has 0 saturated heterocycles. The standard InChI is InChI=1S/C20H19BrN4/c1-13-11-15(21)7-10-17(13)23-19-12-18(14-5-3-2-4-6-14)24-20(25-19)22-16-8-9-16/h2-7,10-12,16H,8-9H2,1H3,(H2,22,23,24,25). The first-order valence-corrected chi connectivity index (χ1v) is 9.21. The van der Waals surface area contributed by atoms with E-state index < -0.39 is 0 Å². The minimum absolute atomic E-state index is 0.508. The van der Waals surface area contributed by atoms with Crippen LogP contribution in [0.3, 0.4) is 0 Å². The predicted molar refractivity (Wildman–Crippen MR) is 106 cm³/mol. The summed E-state index contributed by atoms with van der Waals surface area (Å²) >= 11 is 3.51. The third-order valence-corrected chi connectivity index (χ3v) is 4.65. The second-order valence-electron chi connectivity index (χ2n) is 6.33. The summed E-state index contributed by atoms with van der Waals surface area (Å²) in [5.41, 5.74) is 4.19. The molecule has 2 aromatic carbocycles. The molecular weight excluding hydrogens is 376 g/mol. The van der Waals surface area contributed by atoms with Crippen molar-refractivity contribution < 1.29 is 0 Å². The molecule has 25 heavy (non-hydrogen) atoms. The van der Waals surface area contributed by atoms with E-state index in [0.29, 0.717) is 12.0 Å². The van der Waals surface area contributed by atoms with Gasteiger partial charge in [0.15, 0.2) is 0 Å². The van der Waals surface area contributed by atoms with Crippen LogP contribution in [-0.4, -0.2) is 16.0 Å². The molecule has 4 nitrogen and oxygen atoms in total. The molecule has 0 spiro atoms. The van der Waals surface area contributed by atoms with Crippen molar-refractivity contribution in [2.75, 3.05) is 10.6 Å². The number of rotatable bonds is 5. The lowest BCUT2D eigenvalue weighted by Gasteiger charge is -2.13. The summed E-state index contributed by atoms with van der Waals surface area (Å²) in [6.07, 6.45) is 2.38. The smallest absolute Gasteiger partial charge is 0.225 e. The Morgan fingerprint density at radius 3 is 2.52 bits per heavy atom. The minimum Gasteiger partial charge on any atom is -0.351 e. The van der Waals surface area contributed by atoms with Gasteiger partial charge in [0.05, 0.1) is 5.69 Å². The van der Waals surface area contributed by atoms with E-state index in [4.69, 9.17) is 4.98 Å². The number of nitrogens with zero attached hydrogens (tertiary/aromatic N) is 2. The van der Waals surface area contributed by atoms with Gasteiger partial charge in [-0.3, -0.25) is 0 Å². The Bertz CT molecular complexity index is 891. The highest BCUT2D eigenvalue weighted by Gasteiger charge is 2.22. The summed E-state index contributed by atoms with van der Waals surface area (Å²) in [5.74, 6) is 1.48. The molecule has 1 saturated carbocycles. The first-order valence-electron chi connectivity index (χ1n) is 8.41. The quantitative estimate of drug-likeness (QED) is 0.596. The largest absolute Gasteiger partial charge is 0.351 e. The fourth-order valence-corrected chi connectivity index (χ4v) is 3.12. The number of benzene rings is 2. The van der Waals surface area contributed by atoms with Crippen molar-refractivity contribution in [2.45, 2.75) is 25.8 Å². The Morgan fingerprint density at radius 1 is 1.00 bits per heavy atom. The normalized spacial score (nSPS) is 13.5. The molecule has 3 aromatic rings. The van der Waals surface area contributed by atoms with Crippen molar-refractivity contribution >= 4 is 33.4 Å². The van der Waals surface area contributed by atoms with Gasteiger partial charge in [0.1, 0.15) is 5.82 Å². The lowest BCUT2D eigenvalue weighted by atomic mass is 10.1. The molecule has 0 aliphatic heterocycles. The van der Waals surface area contributed by atoms with Gasteiger partial charge in [-0.1, -0.05) is 46.3 Å². The van der Waals surface area contributed by atoms with Crippen LogP contribution in [0.5, 0.6) is 0 Å². The van der Waals surface area contributed by atoms with Gasteiger partial charge in [-0.25, -0.2) is 4.98 Å². The maximum atomic E-state index is 4.69. The Labute approximate surface area is 155 Å². The molecule has 1 aliphatic rings. The van der Waals surface area contributed by atoms with Crippen molar-refractivity contribution in [3.63, 3.8) is 0 Å². The number of aromatic nitrogens is 2. The SMILES string of the molecule is Cc1cc(Br)ccc1Nc1cc(-c2ccccc2)nc(NC2CC2)n1. The van der Waals surface area contributed by atoms with Crippen molar-refractivity contribution in [3.8, 4) is 11.3 Å². The highest BCUT2D eigenvalue weighted by molar-refractivity contribution is 9.10. The van der Waals surface area contributed by atoms with Crippen LogP contribution in [-0.2, 0) is 0 Å². The van der Waals surface area contributed by atoms with Crippen molar-refractivity contribution in [1.29, 1.82) is 0 Å². The lowest BCUT2D eigenvalue weighted by Crippen LogP contribution is -2.08. The monoisotopic (exact) mass is 394 g/mol. The number of aryl methyl sites for hydroxylation is 1. The predicted octanol–water partition coefficient (Wildman–Crippen LogP) is 5.53. The highest BCUT2D eigenvalue weighted by Crippen LogP contribution is 2.28. The van der Waals surface area contributed by atoms with Crippen molar-refractivity contribution in [3.05, 3.63) is 64.6 Å². The number of anilines is 3. The van der Waals surface area contributed by atoms with Gasteiger partial charge in [0.2, 0.25) is 5.95 Å². The van der Waals surface area contributed by atoms with Gasteiger partial charge in [-0.15, -0.1) is 0 Å². The Balaban J connectivity index is 1.70. The summed E-state index contributed by atoms with van der Waals surface area (Å²) in [5, 5.41) is 6.84. The highest BCUT2D eigenvalue weighted by atomic mass is 79.9. The summed E-state index contributed by atoms with van der Waals surface area (Å²) in [7, 11) is 0. The van der Waals surface area contributed by atoms with Gasteiger partial charge >= 0.3 is 0 Å². The number of halogens is 1. The first-order chi connectivity index (χ1) is 12.2. The molecule has 1 aliphatic carbocycles. The molecule has 5 heteroatoms. The molecule has 2 N–H and O–H groups in total. The third kappa shape index (κ3) is 3.99. The number of hydrogen-bond donors (Lipinski definition) is 2. The van der Waals surface area contributed by atoms with Crippen molar-refractivity contribution in [2.24, 2.45) is 0 Å². The molecule has 126 valence electrons. The Kier molecular flexibility index (Phi) is 4.40. The molecule has 1 heterocycles.